The molecule has 6 heteroatoms. The van der Waals surface area contributed by atoms with Gasteiger partial charge in [-0.2, -0.15) is 0 Å². The van der Waals surface area contributed by atoms with E-state index in [1.54, 1.807) is 43.6 Å². The van der Waals surface area contributed by atoms with Gasteiger partial charge in [-0.25, -0.2) is 13.1 Å². The SMILES string of the molecule is CC(NS(=O)(=O)c1cccc(CO)c1)c1ccncc1. The molecule has 0 bridgehead atoms. The summed E-state index contributed by atoms with van der Waals surface area (Å²) in [5.41, 5.74) is 1.39. The Morgan fingerprint density at radius 2 is 1.95 bits per heavy atom. The smallest absolute Gasteiger partial charge is 0.241 e. The molecule has 0 amide bonds. The van der Waals surface area contributed by atoms with Crippen LogP contribution >= 0.6 is 0 Å². The number of nitrogens with one attached hydrogen (secondary N) is 1. The largest absolute Gasteiger partial charge is 0.392 e. The van der Waals surface area contributed by atoms with Gasteiger partial charge in [0.05, 0.1) is 11.5 Å². The van der Waals surface area contributed by atoms with Gasteiger partial charge in [-0.05, 0) is 42.3 Å². The zero-order chi connectivity index (χ0) is 14.6. The maximum absolute atomic E-state index is 12.3. The summed E-state index contributed by atoms with van der Waals surface area (Å²) in [4.78, 5) is 4.04. The average molecular weight is 292 g/mol. The Morgan fingerprint density at radius 3 is 2.60 bits per heavy atom. The zero-order valence-electron chi connectivity index (χ0n) is 11.0. The van der Waals surface area contributed by atoms with Crippen molar-refractivity contribution in [1.29, 1.82) is 0 Å². The van der Waals surface area contributed by atoms with Crippen LogP contribution in [0.15, 0.2) is 53.7 Å². The van der Waals surface area contributed by atoms with Crippen molar-refractivity contribution < 1.29 is 13.5 Å². The summed E-state index contributed by atoms with van der Waals surface area (Å²) in [6.45, 7) is 1.58. The molecule has 1 heterocycles. The molecule has 5 nitrogen and oxygen atoms in total. The summed E-state index contributed by atoms with van der Waals surface area (Å²) in [5.74, 6) is 0. The second kappa shape index (κ2) is 6.13. The second-order valence-corrected chi connectivity index (χ2v) is 6.14. The van der Waals surface area contributed by atoms with Crippen LogP contribution in [0.25, 0.3) is 0 Å². The first-order valence-corrected chi connectivity index (χ1v) is 7.63. The van der Waals surface area contributed by atoms with E-state index in [0.717, 1.165) is 5.56 Å². The van der Waals surface area contributed by atoms with Gasteiger partial charge in [0, 0.05) is 18.4 Å². The Morgan fingerprint density at radius 1 is 1.25 bits per heavy atom. The molecule has 0 spiro atoms. The normalized spacial score (nSPS) is 13.1. The van der Waals surface area contributed by atoms with E-state index in [0.29, 0.717) is 5.56 Å². The lowest BCUT2D eigenvalue weighted by atomic mass is 10.1. The standard InChI is InChI=1S/C14H16N2O3S/c1-11(13-5-7-15-8-6-13)16-20(18,19)14-4-2-3-12(9-14)10-17/h2-9,11,16-17H,10H2,1H3. The molecule has 0 radical (unpaired) electrons. The number of benzene rings is 1. The van der Waals surface area contributed by atoms with E-state index in [9.17, 15) is 8.42 Å². The first-order chi connectivity index (χ1) is 9.53. The molecule has 0 aliphatic heterocycles. The molecule has 1 atom stereocenters. The maximum atomic E-state index is 12.3. The summed E-state index contributed by atoms with van der Waals surface area (Å²) >= 11 is 0. The van der Waals surface area contributed by atoms with Crippen molar-refractivity contribution in [2.45, 2.75) is 24.5 Å². The molecule has 1 aromatic carbocycles. The number of aliphatic hydroxyl groups excluding tert-OH is 1. The minimum atomic E-state index is -3.62. The summed E-state index contributed by atoms with van der Waals surface area (Å²) in [6, 6.07) is 9.40. The Kier molecular flexibility index (Phi) is 4.49. The number of rotatable bonds is 5. The van der Waals surface area contributed by atoms with Crippen LogP contribution in [0.4, 0.5) is 0 Å². The molecule has 1 aromatic heterocycles. The maximum Gasteiger partial charge on any atom is 0.241 e. The Balaban J connectivity index is 2.23. The Bertz CT molecular complexity index is 672. The molecule has 0 aliphatic rings. The highest BCUT2D eigenvalue weighted by Gasteiger charge is 2.18. The van der Waals surface area contributed by atoms with E-state index in [-0.39, 0.29) is 17.5 Å². The fourth-order valence-corrected chi connectivity index (χ4v) is 3.13. The number of pyridine rings is 1. The average Bonchev–Trinajstić information content (AvgIpc) is 2.48. The molecule has 1 unspecified atom stereocenters. The third kappa shape index (κ3) is 3.41. The lowest BCUT2D eigenvalue weighted by Crippen LogP contribution is -2.27. The lowest BCUT2D eigenvalue weighted by molar-refractivity contribution is 0.281. The van der Waals surface area contributed by atoms with E-state index < -0.39 is 10.0 Å². The molecule has 0 saturated carbocycles. The Labute approximate surface area is 118 Å². The van der Waals surface area contributed by atoms with Crippen molar-refractivity contribution in [3.05, 3.63) is 59.9 Å². The van der Waals surface area contributed by atoms with E-state index >= 15 is 0 Å². The second-order valence-electron chi connectivity index (χ2n) is 4.43. The summed E-state index contributed by atoms with van der Waals surface area (Å²) < 4.78 is 27.2. The number of nitrogens with zero attached hydrogens (tertiary/aromatic N) is 1. The number of sulfonamides is 1. The fourth-order valence-electron chi connectivity index (χ4n) is 1.83. The van der Waals surface area contributed by atoms with Crippen molar-refractivity contribution in [3.8, 4) is 0 Å². The van der Waals surface area contributed by atoms with Gasteiger partial charge in [-0.15, -0.1) is 0 Å². The highest BCUT2D eigenvalue weighted by Crippen LogP contribution is 2.17. The summed E-state index contributed by atoms with van der Waals surface area (Å²) in [5, 5.41) is 9.07. The molecule has 0 saturated heterocycles. The summed E-state index contributed by atoms with van der Waals surface area (Å²) in [6.07, 6.45) is 3.24. The van der Waals surface area contributed by atoms with Gasteiger partial charge in [0.2, 0.25) is 10.0 Å². The van der Waals surface area contributed by atoms with Gasteiger partial charge in [0.15, 0.2) is 0 Å². The minimum absolute atomic E-state index is 0.143. The number of hydrogen-bond acceptors (Lipinski definition) is 4. The van der Waals surface area contributed by atoms with Crippen LogP contribution in [0.2, 0.25) is 0 Å². The highest BCUT2D eigenvalue weighted by molar-refractivity contribution is 7.89. The molecule has 2 rings (SSSR count). The van der Waals surface area contributed by atoms with Gasteiger partial charge in [-0.1, -0.05) is 12.1 Å². The van der Waals surface area contributed by atoms with Gasteiger partial charge >= 0.3 is 0 Å². The first kappa shape index (κ1) is 14.6. The predicted octanol–water partition coefficient (Wildman–Crippen LogP) is 1.61. The molecule has 0 fully saturated rings. The van der Waals surface area contributed by atoms with Crippen molar-refractivity contribution in [2.24, 2.45) is 0 Å². The minimum Gasteiger partial charge on any atom is -0.392 e. The van der Waals surface area contributed by atoms with Crippen molar-refractivity contribution in [1.82, 2.24) is 9.71 Å². The third-order valence-electron chi connectivity index (χ3n) is 2.93. The van der Waals surface area contributed by atoms with Crippen molar-refractivity contribution in [2.75, 3.05) is 0 Å². The van der Waals surface area contributed by atoms with Crippen molar-refractivity contribution in [3.63, 3.8) is 0 Å². The predicted molar refractivity (Wildman–Crippen MR) is 75.3 cm³/mol. The molecule has 2 aromatic rings. The molecule has 0 aliphatic carbocycles. The molecular weight excluding hydrogens is 276 g/mol. The molecule has 2 N–H and O–H groups in total. The topological polar surface area (TPSA) is 79.3 Å². The van der Waals surface area contributed by atoms with Crippen LogP contribution in [0.5, 0.6) is 0 Å². The number of aliphatic hydroxyl groups is 1. The van der Waals surface area contributed by atoms with Crippen molar-refractivity contribution >= 4 is 10.0 Å². The van der Waals surface area contributed by atoms with Crippen LogP contribution in [0, 0.1) is 0 Å². The quantitative estimate of drug-likeness (QED) is 0.877. The third-order valence-corrected chi connectivity index (χ3v) is 4.47. The highest BCUT2D eigenvalue weighted by atomic mass is 32.2. The molecule has 20 heavy (non-hydrogen) atoms. The van der Waals surface area contributed by atoms with Crippen LogP contribution in [-0.2, 0) is 16.6 Å². The van der Waals surface area contributed by atoms with Crippen LogP contribution < -0.4 is 4.72 Å². The van der Waals surface area contributed by atoms with Gasteiger partial charge < -0.3 is 5.11 Å². The monoisotopic (exact) mass is 292 g/mol. The zero-order valence-corrected chi connectivity index (χ0v) is 11.8. The van der Waals surface area contributed by atoms with E-state index in [2.05, 4.69) is 9.71 Å². The van der Waals surface area contributed by atoms with E-state index in [4.69, 9.17) is 5.11 Å². The lowest BCUT2D eigenvalue weighted by Gasteiger charge is -2.14. The van der Waals surface area contributed by atoms with Crippen LogP contribution in [0.3, 0.4) is 0 Å². The summed E-state index contributed by atoms with van der Waals surface area (Å²) in [7, 11) is -3.62. The first-order valence-electron chi connectivity index (χ1n) is 6.15. The van der Waals surface area contributed by atoms with Crippen LogP contribution in [0.1, 0.15) is 24.1 Å². The van der Waals surface area contributed by atoms with E-state index in [1.807, 2.05) is 0 Å². The molecule has 106 valence electrons. The van der Waals surface area contributed by atoms with Crippen LogP contribution in [-0.4, -0.2) is 18.5 Å². The number of hydrogen-bond donors (Lipinski definition) is 2. The Hall–Kier alpha value is -1.76. The van der Waals surface area contributed by atoms with Gasteiger partial charge in [0.1, 0.15) is 0 Å². The van der Waals surface area contributed by atoms with Gasteiger partial charge in [0.25, 0.3) is 0 Å². The molecular formula is C14H16N2O3S. The van der Waals surface area contributed by atoms with E-state index in [1.165, 1.54) is 12.1 Å². The number of aromatic nitrogens is 1. The van der Waals surface area contributed by atoms with Gasteiger partial charge in [-0.3, -0.25) is 4.98 Å². The fraction of sp³-hybridized carbons (Fsp3) is 0.214.